The molecule has 4 nitrogen and oxygen atoms in total. The number of amides is 2. The lowest BCUT2D eigenvalue weighted by atomic mass is 10.1. The monoisotopic (exact) mass is 448 g/mol. The topological polar surface area (TPSA) is 40.6 Å². The zero-order chi connectivity index (χ0) is 22.0. The Kier molecular flexibility index (Phi) is 6.27. The lowest BCUT2D eigenvalue weighted by Crippen LogP contribution is -2.37. The predicted octanol–water partition coefficient (Wildman–Crippen LogP) is 5.12. The van der Waals surface area contributed by atoms with E-state index in [2.05, 4.69) is 0 Å². The molecule has 0 aromatic heterocycles. The van der Waals surface area contributed by atoms with E-state index >= 15 is 0 Å². The summed E-state index contributed by atoms with van der Waals surface area (Å²) >= 11 is 1.69. The number of rotatable bonds is 6. The molecule has 0 N–H and O–H groups in total. The summed E-state index contributed by atoms with van der Waals surface area (Å²) < 4.78 is 40.0. The molecule has 1 aliphatic heterocycles. The molecule has 0 radical (unpaired) electrons. The Morgan fingerprint density at radius 3 is 2.48 bits per heavy atom. The van der Waals surface area contributed by atoms with E-state index in [0.29, 0.717) is 6.54 Å². The number of carbonyl (C=O) groups is 2. The zero-order valence-electron chi connectivity index (χ0n) is 16.9. The largest absolute Gasteiger partial charge is 0.416 e. The van der Waals surface area contributed by atoms with Crippen LogP contribution in [-0.2, 0) is 22.3 Å². The number of benzene rings is 2. The number of carbonyl (C=O) groups excluding carboxylic acids is 2. The number of fused-ring (bicyclic) bond motifs is 1. The third-order valence-corrected chi connectivity index (χ3v) is 6.60. The lowest BCUT2D eigenvalue weighted by Gasteiger charge is -2.29. The molecule has 31 heavy (non-hydrogen) atoms. The SMILES string of the molecule is O=C(CCC(=O)N(Cc1ccccc1C(F)(F)F)C1CC1)N1CCSc2ccccc21. The van der Waals surface area contributed by atoms with Gasteiger partial charge in [-0.05, 0) is 36.6 Å². The molecule has 0 saturated heterocycles. The van der Waals surface area contributed by atoms with Gasteiger partial charge in [-0.1, -0.05) is 30.3 Å². The maximum absolute atomic E-state index is 13.3. The van der Waals surface area contributed by atoms with Gasteiger partial charge < -0.3 is 9.80 Å². The minimum absolute atomic E-state index is 0.00464. The first kappa shape index (κ1) is 21.7. The quantitative estimate of drug-likeness (QED) is 0.616. The summed E-state index contributed by atoms with van der Waals surface area (Å²) in [5, 5.41) is 0. The third-order valence-electron chi connectivity index (χ3n) is 5.55. The van der Waals surface area contributed by atoms with E-state index < -0.39 is 11.7 Å². The Hall–Kier alpha value is -2.48. The van der Waals surface area contributed by atoms with E-state index in [1.165, 1.54) is 17.0 Å². The van der Waals surface area contributed by atoms with Gasteiger partial charge in [-0.2, -0.15) is 13.2 Å². The van der Waals surface area contributed by atoms with E-state index in [0.717, 1.165) is 35.2 Å². The van der Waals surface area contributed by atoms with Crippen LogP contribution in [0.15, 0.2) is 53.4 Å². The highest BCUT2D eigenvalue weighted by Gasteiger charge is 2.37. The molecule has 2 aromatic carbocycles. The van der Waals surface area contributed by atoms with Gasteiger partial charge in [0.1, 0.15) is 0 Å². The fraction of sp³-hybridized carbons (Fsp3) is 0.391. The van der Waals surface area contributed by atoms with Crippen LogP contribution in [0.3, 0.4) is 0 Å². The maximum Gasteiger partial charge on any atom is 0.416 e. The van der Waals surface area contributed by atoms with Crippen LogP contribution in [0.4, 0.5) is 18.9 Å². The summed E-state index contributed by atoms with van der Waals surface area (Å²) in [6.07, 6.45) is -2.86. The predicted molar refractivity (Wildman–Crippen MR) is 114 cm³/mol. The first-order valence-corrected chi connectivity index (χ1v) is 11.3. The molecule has 1 fully saturated rings. The van der Waals surface area contributed by atoms with Crippen LogP contribution in [0.1, 0.15) is 36.8 Å². The Balaban J connectivity index is 1.42. The molecule has 1 heterocycles. The molecule has 0 bridgehead atoms. The van der Waals surface area contributed by atoms with Gasteiger partial charge in [0.2, 0.25) is 11.8 Å². The summed E-state index contributed by atoms with van der Waals surface area (Å²) in [5.74, 6) is 0.388. The zero-order valence-corrected chi connectivity index (χ0v) is 17.7. The Bertz CT molecular complexity index is 975. The molecule has 1 aliphatic carbocycles. The second-order valence-electron chi connectivity index (χ2n) is 7.77. The van der Waals surface area contributed by atoms with Gasteiger partial charge in [0, 0.05) is 42.6 Å². The number of hydrogen-bond donors (Lipinski definition) is 0. The van der Waals surface area contributed by atoms with Gasteiger partial charge in [0.25, 0.3) is 0 Å². The normalized spacial score (nSPS) is 16.0. The van der Waals surface area contributed by atoms with Gasteiger partial charge in [0.05, 0.1) is 11.3 Å². The number of nitrogens with zero attached hydrogens (tertiary/aromatic N) is 2. The fourth-order valence-electron chi connectivity index (χ4n) is 3.85. The average molecular weight is 449 g/mol. The van der Waals surface area contributed by atoms with Crippen molar-refractivity contribution in [2.45, 2.75) is 49.3 Å². The van der Waals surface area contributed by atoms with Crippen molar-refractivity contribution in [2.24, 2.45) is 0 Å². The molecule has 4 rings (SSSR count). The Morgan fingerprint density at radius 2 is 1.74 bits per heavy atom. The van der Waals surface area contributed by atoms with Crippen LogP contribution >= 0.6 is 11.8 Å². The van der Waals surface area contributed by atoms with E-state index in [4.69, 9.17) is 0 Å². The van der Waals surface area contributed by atoms with Crippen LogP contribution in [0.5, 0.6) is 0 Å². The molecular weight excluding hydrogens is 425 g/mol. The molecule has 0 spiro atoms. The second kappa shape index (κ2) is 8.94. The van der Waals surface area contributed by atoms with Gasteiger partial charge >= 0.3 is 6.18 Å². The van der Waals surface area contributed by atoms with E-state index in [1.54, 1.807) is 22.7 Å². The van der Waals surface area contributed by atoms with Crippen LogP contribution < -0.4 is 4.90 Å². The molecule has 0 atom stereocenters. The number of hydrogen-bond acceptors (Lipinski definition) is 3. The van der Waals surface area contributed by atoms with Crippen molar-refractivity contribution >= 4 is 29.3 Å². The molecule has 2 aromatic rings. The van der Waals surface area contributed by atoms with E-state index in [-0.39, 0.29) is 42.8 Å². The summed E-state index contributed by atoms with van der Waals surface area (Å²) in [6.45, 7) is 0.497. The summed E-state index contributed by atoms with van der Waals surface area (Å²) in [4.78, 5) is 30.0. The second-order valence-corrected chi connectivity index (χ2v) is 8.91. The minimum Gasteiger partial charge on any atom is -0.335 e. The molecule has 1 saturated carbocycles. The molecule has 8 heteroatoms. The van der Waals surface area contributed by atoms with Gasteiger partial charge in [-0.25, -0.2) is 0 Å². The van der Waals surface area contributed by atoms with Gasteiger partial charge in [-0.15, -0.1) is 11.8 Å². The maximum atomic E-state index is 13.3. The van der Waals surface area contributed by atoms with Crippen LogP contribution in [0.25, 0.3) is 0 Å². The van der Waals surface area contributed by atoms with Crippen molar-refractivity contribution < 1.29 is 22.8 Å². The van der Waals surface area contributed by atoms with Crippen LogP contribution in [0.2, 0.25) is 0 Å². The number of alkyl halides is 3. The standard InChI is InChI=1S/C23H23F3N2O2S/c24-23(25,26)18-6-2-1-5-16(18)15-28(17-9-10-17)22(30)12-11-21(29)27-13-14-31-20-8-4-3-7-19(20)27/h1-8,17H,9-15H2. The first-order chi connectivity index (χ1) is 14.8. The summed E-state index contributed by atoms with van der Waals surface area (Å²) in [7, 11) is 0. The molecule has 2 amide bonds. The number of halogens is 3. The lowest BCUT2D eigenvalue weighted by molar-refractivity contribution is -0.140. The van der Waals surface area contributed by atoms with E-state index in [1.807, 2.05) is 24.3 Å². The molecule has 2 aliphatic rings. The highest BCUT2D eigenvalue weighted by molar-refractivity contribution is 7.99. The van der Waals surface area contributed by atoms with Crippen molar-refractivity contribution in [1.29, 1.82) is 0 Å². The fourth-order valence-corrected chi connectivity index (χ4v) is 4.84. The highest BCUT2D eigenvalue weighted by atomic mass is 32.2. The van der Waals surface area contributed by atoms with Crippen molar-refractivity contribution in [1.82, 2.24) is 4.90 Å². The minimum atomic E-state index is -4.47. The Morgan fingerprint density at radius 1 is 1.03 bits per heavy atom. The van der Waals surface area contributed by atoms with Crippen molar-refractivity contribution in [3.05, 3.63) is 59.7 Å². The molecular formula is C23H23F3N2O2S. The van der Waals surface area contributed by atoms with Crippen LogP contribution in [0, 0.1) is 0 Å². The smallest absolute Gasteiger partial charge is 0.335 e. The summed E-state index contributed by atoms with van der Waals surface area (Å²) in [6, 6.07) is 13.0. The number of para-hydroxylation sites is 1. The first-order valence-electron chi connectivity index (χ1n) is 10.3. The van der Waals surface area contributed by atoms with Crippen molar-refractivity contribution in [2.75, 3.05) is 17.2 Å². The van der Waals surface area contributed by atoms with Gasteiger partial charge in [-0.3, -0.25) is 9.59 Å². The number of anilines is 1. The summed E-state index contributed by atoms with van der Waals surface area (Å²) in [5.41, 5.74) is 0.227. The van der Waals surface area contributed by atoms with Crippen molar-refractivity contribution in [3.8, 4) is 0 Å². The van der Waals surface area contributed by atoms with Crippen molar-refractivity contribution in [3.63, 3.8) is 0 Å². The highest BCUT2D eigenvalue weighted by Crippen LogP contribution is 2.36. The average Bonchev–Trinajstić information content (AvgIpc) is 3.60. The van der Waals surface area contributed by atoms with E-state index in [9.17, 15) is 22.8 Å². The van der Waals surface area contributed by atoms with Crippen LogP contribution in [-0.4, -0.2) is 35.1 Å². The molecule has 164 valence electrons. The third kappa shape index (κ3) is 5.06. The Labute approximate surface area is 183 Å². The number of thioether (sulfide) groups is 1. The van der Waals surface area contributed by atoms with Gasteiger partial charge in [0.15, 0.2) is 0 Å². The molecule has 0 unspecified atom stereocenters.